The second-order valence-corrected chi connectivity index (χ2v) is 8.56. The van der Waals surface area contributed by atoms with E-state index < -0.39 is 53.4 Å². The Hall–Kier alpha value is -2.78. The molecule has 1 fully saturated rings. The molecule has 1 aliphatic heterocycles. The number of nitrogens with two attached hydrogens (primary N) is 1. The fourth-order valence-electron chi connectivity index (χ4n) is 3.16. The number of primary amides is 1. The van der Waals surface area contributed by atoms with E-state index in [2.05, 4.69) is 5.32 Å². The van der Waals surface area contributed by atoms with E-state index in [1.807, 2.05) is 39.8 Å². The summed E-state index contributed by atoms with van der Waals surface area (Å²) in [6.45, 7) is 7.85. The van der Waals surface area contributed by atoms with E-state index in [4.69, 9.17) is 15.0 Å². The lowest BCUT2D eigenvalue weighted by Gasteiger charge is -2.32. The number of hydrogen-bond acceptors (Lipinski definition) is 4. The first-order valence-corrected chi connectivity index (χ1v) is 9.90. The van der Waals surface area contributed by atoms with Crippen LogP contribution in [0.15, 0.2) is 42.5 Å². The zero-order valence-electron chi connectivity index (χ0n) is 17.9. The third kappa shape index (κ3) is 4.78. The van der Waals surface area contributed by atoms with Crippen LogP contribution in [0.2, 0.25) is 0 Å². The van der Waals surface area contributed by atoms with Gasteiger partial charge in [-0.25, -0.2) is 8.78 Å². The smallest absolute Gasteiger partial charge is 0.399 e. The summed E-state index contributed by atoms with van der Waals surface area (Å²) >= 11 is 0. The molecule has 31 heavy (non-hydrogen) atoms. The molecule has 0 unspecified atom stereocenters. The Labute approximate surface area is 180 Å². The van der Waals surface area contributed by atoms with Crippen LogP contribution in [-0.4, -0.2) is 36.2 Å². The highest BCUT2D eigenvalue weighted by Gasteiger charge is 2.51. The minimum atomic E-state index is -1.28. The number of benzene rings is 2. The molecule has 0 aromatic heterocycles. The van der Waals surface area contributed by atoms with Crippen LogP contribution in [-0.2, 0) is 20.5 Å². The summed E-state index contributed by atoms with van der Waals surface area (Å²) in [6.07, 6.45) is 0.0850. The van der Waals surface area contributed by atoms with Crippen LogP contribution >= 0.6 is 0 Å². The molecule has 6 nitrogen and oxygen atoms in total. The number of amides is 2. The Balaban J connectivity index is 1.70. The summed E-state index contributed by atoms with van der Waals surface area (Å²) in [7, 11) is -0.526. The quantitative estimate of drug-likeness (QED) is 0.687. The Morgan fingerprint density at radius 2 is 1.61 bits per heavy atom. The Bertz CT molecular complexity index is 980. The van der Waals surface area contributed by atoms with Crippen LogP contribution in [0.5, 0.6) is 0 Å². The average Bonchev–Trinajstić information content (AvgIpc) is 2.91. The van der Waals surface area contributed by atoms with Crippen LogP contribution in [0.25, 0.3) is 0 Å². The topological polar surface area (TPSA) is 90.6 Å². The number of rotatable bonds is 6. The van der Waals surface area contributed by atoms with Crippen LogP contribution in [0.3, 0.4) is 0 Å². The summed E-state index contributed by atoms with van der Waals surface area (Å²) in [5.74, 6) is -4.15. The van der Waals surface area contributed by atoms with E-state index in [9.17, 15) is 18.4 Å². The summed E-state index contributed by atoms with van der Waals surface area (Å²) in [6, 6.07) is 9.30. The second kappa shape index (κ2) is 8.40. The van der Waals surface area contributed by atoms with E-state index >= 15 is 0 Å². The van der Waals surface area contributed by atoms with Crippen molar-refractivity contribution in [2.75, 3.05) is 0 Å². The summed E-state index contributed by atoms with van der Waals surface area (Å²) in [5, 5.41) is 2.37. The molecule has 1 atom stereocenters. The molecule has 2 aromatic rings. The first kappa shape index (κ1) is 22.9. The monoisotopic (exact) mass is 430 g/mol. The third-order valence-electron chi connectivity index (χ3n) is 5.79. The van der Waals surface area contributed by atoms with Gasteiger partial charge in [0.15, 0.2) is 11.6 Å². The molecule has 3 rings (SSSR count). The Morgan fingerprint density at radius 3 is 2.16 bits per heavy atom. The van der Waals surface area contributed by atoms with Gasteiger partial charge >= 0.3 is 7.12 Å². The molecule has 1 heterocycles. The molecule has 2 amide bonds. The standard InChI is InChI=1S/C22H25BF2N2O4/c1-21(2)22(3,4)31-23(30-21)14-10-8-13(9-11-14)12-17(19(26)28)27-20(29)15-6-5-7-16(24)18(15)25/h5-11,17H,12H2,1-4H3,(H2,26,28)(H,27,29)/t17-/m1/s1. The average molecular weight is 430 g/mol. The number of carbonyl (C=O) groups excluding carboxylic acids is 2. The van der Waals surface area contributed by atoms with Gasteiger partial charge in [-0.3, -0.25) is 9.59 Å². The molecule has 1 saturated heterocycles. The first-order valence-electron chi connectivity index (χ1n) is 9.90. The van der Waals surface area contributed by atoms with E-state index in [0.29, 0.717) is 5.56 Å². The van der Waals surface area contributed by atoms with Crippen molar-refractivity contribution in [3.63, 3.8) is 0 Å². The summed E-state index contributed by atoms with van der Waals surface area (Å²) in [5.41, 5.74) is 5.49. The highest BCUT2D eigenvalue weighted by atomic mass is 19.2. The number of carbonyl (C=O) groups is 2. The van der Waals surface area contributed by atoms with E-state index in [0.717, 1.165) is 17.6 Å². The van der Waals surface area contributed by atoms with E-state index in [-0.39, 0.29) is 6.42 Å². The van der Waals surface area contributed by atoms with Gasteiger partial charge in [0.05, 0.1) is 16.8 Å². The minimum absolute atomic E-state index is 0.0850. The largest absolute Gasteiger partial charge is 0.494 e. The van der Waals surface area contributed by atoms with Gasteiger partial charge in [-0.05, 0) is 50.9 Å². The number of halogens is 2. The Kier molecular flexibility index (Phi) is 6.20. The van der Waals surface area contributed by atoms with Crippen LogP contribution < -0.4 is 16.5 Å². The van der Waals surface area contributed by atoms with Crippen LogP contribution in [0.4, 0.5) is 8.78 Å². The highest BCUT2D eigenvalue weighted by Crippen LogP contribution is 2.36. The Morgan fingerprint density at radius 1 is 1.03 bits per heavy atom. The van der Waals surface area contributed by atoms with Crippen molar-refractivity contribution in [3.8, 4) is 0 Å². The molecule has 0 saturated carbocycles. The molecule has 2 aromatic carbocycles. The maximum atomic E-state index is 13.9. The van der Waals surface area contributed by atoms with Gasteiger partial charge in [0.1, 0.15) is 6.04 Å². The lowest BCUT2D eigenvalue weighted by Crippen LogP contribution is -2.46. The van der Waals surface area contributed by atoms with Crippen molar-refractivity contribution in [1.29, 1.82) is 0 Å². The molecule has 1 aliphatic rings. The van der Waals surface area contributed by atoms with Gasteiger partial charge < -0.3 is 20.4 Å². The van der Waals surface area contributed by atoms with Gasteiger partial charge in [-0.1, -0.05) is 30.3 Å². The molecule has 0 radical (unpaired) electrons. The molecule has 0 aliphatic carbocycles. The second-order valence-electron chi connectivity index (χ2n) is 8.56. The normalized spacial score (nSPS) is 17.9. The highest BCUT2D eigenvalue weighted by molar-refractivity contribution is 6.62. The zero-order valence-corrected chi connectivity index (χ0v) is 17.9. The molecule has 9 heteroatoms. The molecule has 0 spiro atoms. The van der Waals surface area contributed by atoms with Crippen molar-refractivity contribution < 1.29 is 27.7 Å². The molecule has 164 valence electrons. The van der Waals surface area contributed by atoms with E-state index in [1.54, 1.807) is 12.1 Å². The first-order chi connectivity index (χ1) is 14.4. The molecular weight excluding hydrogens is 405 g/mol. The number of nitrogens with one attached hydrogen (secondary N) is 1. The summed E-state index contributed by atoms with van der Waals surface area (Å²) < 4.78 is 39.3. The van der Waals surface area contributed by atoms with Crippen LogP contribution in [0, 0.1) is 11.6 Å². The maximum Gasteiger partial charge on any atom is 0.494 e. The minimum Gasteiger partial charge on any atom is -0.399 e. The van der Waals surface area contributed by atoms with Crippen molar-refractivity contribution >= 4 is 24.4 Å². The third-order valence-corrected chi connectivity index (χ3v) is 5.79. The summed E-state index contributed by atoms with van der Waals surface area (Å²) in [4.78, 5) is 24.2. The van der Waals surface area contributed by atoms with Gasteiger partial charge in [0, 0.05) is 6.42 Å². The fourth-order valence-corrected chi connectivity index (χ4v) is 3.16. The van der Waals surface area contributed by atoms with Crippen molar-refractivity contribution in [2.24, 2.45) is 5.73 Å². The SMILES string of the molecule is CC1(C)OB(c2ccc(C[C@@H](NC(=O)c3cccc(F)c3F)C(N)=O)cc2)OC1(C)C. The lowest BCUT2D eigenvalue weighted by atomic mass is 9.78. The maximum absolute atomic E-state index is 13.9. The lowest BCUT2D eigenvalue weighted by molar-refractivity contribution is -0.119. The predicted octanol–water partition coefficient (Wildman–Crippen LogP) is 2.09. The van der Waals surface area contributed by atoms with Crippen molar-refractivity contribution in [3.05, 3.63) is 65.2 Å². The zero-order chi connectivity index (χ0) is 23.0. The van der Waals surface area contributed by atoms with Gasteiger partial charge in [0.25, 0.3) is 5.91 Å². The van der Waals surface area contributed by atoms with E-state index in [1.165, 1.54) is 6.07 Å². The predicted molar refractivity (Wildman–Crippen MR) is 113 cm³/mol. The van der Waals surface area contributed by atoms with Crippen molar-refractivity contribution in [2.45, 2.75) is 51.4 Å². The fraction of sp³-hybridized carbons (Fsp3) is 0.364. The number of hydrogen-bond donors (Lipinski definition) is 2. The van der Waals surface area contributed by atoms with Crippen LogP contribution in [0.1, 0.15) is 43.6 Å². The van der Waals surface area contributed by atoms with Gasteiger partial charge in [-0.2, -0.15) is 0 Å². The molecule has 3 N–H and O–H groups in total. The van der Waals surface area contributed by atoms with Gasteiger partial charge in [0.2, 0.25) is 5.91 Å². The molecular formula is C22H25BF2N2O4. The van der Waals surface area contributed by atoms with Gasteiger partial charge in [-0.15, -0.1) is 0 Å². The van der Waals surface area contributed by atoms with Crippen molar-refractivity contribution in [1.82, 2.24) is 5.32 Å². The molecule has 0 bridgehead atoms.